The third kappa shape index (κ3) is 4.21. The lowest BCUT2D eigenvalue weighted by Gasteiger charge is -2.14. The van der Waals surface area contributed by atoms with Crippen LogP contribution in [0.4, 0.5) is 5.69 Å². The van der Waals surface area contributed by atoms with Crippen LogP contribution >= 0.6 is 0 Å². The monoisotopic (exact) mass is 433 g/mol. The third-order valence-electron chi connectivity index (χ3n) is 5.33. The van der Waals surface area contributed by atoms with Crippen LogP contribution in [-0.2, 0) is 11.2 Å². The fourth-order valence-electron chi connectivity index (χ4n) is 3.82. The quantitative estimate of drug-likeness (QED) is 0.446. The number of amides is 1. The summed E-state index contributed by atoms with van der Waals surface area (Å²) in [7, 11) is 0. The first-order valence-corrected chi connectivity index (χ1v) is 10.8. The zero-order chi connectivity index (χ0) is 22.7. The highest BCUT2D eigenvalue weighted by Crippen LogP contribution is 2.30. The van der Waals surface area contributed by atoms with Crippen molar-refractivity contribution in [1.82, 2.24) is 19.6 Å². The molecule has 0 fully saturated rings. The summed E-state index contributed by atoms with van der Waals surface area (Å²) >= 11 is 0. The standard InChI is InChI=1S/C24H27N5O3/c1-5-31-17-9-11-21(32-6-2)20(14-17)27-22(30)12-10-18-15(3)26-24-19-8-7-13-25-23(19)28-29(24)16(18)4/h7-9,11,13-14H,5-6,10,12H2,1-4H3,(H,27,30). The molecule has 0 spiro atoms. The fourth-order valence-corrected chi connectivity index (χ4v) is 3.82. The molecule has 4 rings (SSSR count). The Morgan fingerprint density at radius 1 is 1.12 bits per heavy atom. The fraction of sp³-hybridized carbons (Fsp3) is 0.333. The number of hydrogen-bond acceptors (Lipinski definition) is 6. The van der Waals surface area contributed by atoms with Gasteiger partial charge < -0.3 is 14.8 Å². The first kappa shape index (κ1) is 21.5. The van der Waals surface area contributed by atoms with E-state index in [9.17, 15) is 4.79 Å². The molecule has 0 saturated heterocycles. The highest BCUT2D eigenvalue weighted by molar-refractivity contribution is 5.93. The lowest BCUT2D eigenvalue weighted by atomic mass is 10.1. The van der Waals surface area contributed by atoms with Gasteiger partial charge in [0.25, 0.3) is 0 Å². The first-order chi connectivity index (χ1) is 15.5. The highest BCUT2D eigenvalue weighted by Gasteiger charge is 2.16. The van der Waals surface area contributed by atoms with E-state index in [0.717, 1.165) is 28.0 Å². The molecule has 0 radical (unpaired) electrons. The number of anilines is 1. The third-order valence-corrected chi connectivity index (χ3v) is 5.33. The van der Waals surface area contributed by atoms with Gasteiger partial charge >= 0.3 is 0 Å². The van der Waals surface area contributed by atoms with Gasteiger partial charge in [-0.15, -0.1) is 5.10 Å². The number of benzene rings is 1. The van der Waals surface area contributed by atoms with Crippen LogP contribution < -0.4 is 14.8 Å². The molecule has 32 heavy (non-hydrogen) atoms. The second kappa shape index (κ2) is 9.21. The van der Waals surface area contributed by atoms with E-state index in [1.165, 1.54) is 0 Å². The molecule has 3 heterocycles. The van der Waals surface area contributed by atoms with Gasteiger partial charge in [0.2, 0.25) is 5.91 Å². The summed E-state index contributed by atoms with van der Waals surface area (Å²) in [5, 5.41) is 8.47. The Kier molecular flexibility index (Phi) is 6.20. The largest absolute Gasteiger partial charge is 0.494 e. The summed E-state index contributed by atoms with van der Waals surface area (Å²) in [6.07, 6.45) is 2.57. The van der Waals surface area contributed by atoms with E-state index in [1.807, 2.05) is 56.5 Å². The van der Waals surface area contributed by atoms with Gasteiger partial charge in [-0.1, -0.05) is 0 Å². The number of aromatic nitrogens is 4. The predicted octanol–water partition coefficient (Wildman–Crippen LogP) is 4.26. The Hall–Kier alpha value is -3.68. The average Bonchev–Trinajstić information content (AvgIpc) is 3.14. The molecule has 0 saturated carbocycles. The van der Waals surface area contributed by atoms with E-state index in [0.29, 0.717) is 48.9 Å². The van der Waals surface area contributed by atoms with Crippen LogP contribution in [0.25, 0.3) is 16.7 Å². The number of ether oxygens (including phenoxy) is 2. The maximum atomic E-state index is 12.8. The van der Waals surface area contributed by atoms with Crippen molar-refractivity contribution in [3.63, 3.8) is 0 Å². The minimum atomic E-state index is -0.106. The molecule has 4 aromatic rings. The maximum Gasteiger partial charge on any atom is 0.224 e. The van der Waals surface area contributed by atoms with Crippen LogP contribution in [0.2, 0.25) is 0 Å². The number of hydrogen-bond donors (Lipinski definition) is 1. The Bertz CT molecular complexity index is 1280. The van der Waals surface area contributed by atoms with E-state index in [-0.39, 0.29) is 5.91 Å². The van der Waals surface area contributed by atoms with Crippen molar-refractivity contribution >= 4 is 28.3 Å². The van der Waals surface area contributed by atoms with Gasteiger partial charge in [0.15, 0.2) is 11.3 Å². The average molecular weight is 434 g/mol. The molecular formula is C24H27N5O3. The zero-order valence-corrected chi connectivity index (χ0v) is 18.8. The van der Waals surface area contributed by atoms with Gasteiger partial charge in [-0.3, -0.25) is 4.79 Å². The van der Waals surface area contributed by atoms with Gasteiger partial charge in [-0.25, -0.2) is 14.5 Å². The summed E-state index contributed by atoms with van der Waals surface area (Å²) in [6, 6.07) is 9.29. The number of carbonyl (C=O) groups excluding carboxylic acids is 1. The number of pyridine rings is 1. The molecule has 0 unspecified atom stereocenters. The molecule has 1 aromatic carbocycles. The van der Waals surface area contributed by atoms with Crippen molar-refractivity contribution in [2.45, 2.75) is 40.5 Å². The van der Waals surface area contributed by atoms with Gasteiger partial charge in [0.1, 0.15) is 11.5 Å². The Morgan fingerprint density at radius 2 is 1.94 bits per heavy atom. The van der Waals surface area contributed by atoms with Crippen molar-refractivity contribution in [3.05, 3.63) is 53.5 Å². The molecule has 8 heteroatoms. The topological polar surface area (TPSA) is 90.6 Å². The van der Waals surface area contributed by atoms with E-state index in [2.05, 4.69) is 15.4 Å². The molecule has 8 nitrogen and oxygen atoms in total. The summed E-state index contributed by atoms with van der Waals surface area (Å²) in [6.45, 7) is 8.85. The number of aryl methyl sites for hydroxylation is 2. The first-order valence-electron chi connectivity index (χ1n) is 10.8. The smallest absolute Gasteiger partial charge is 0.224 e. The van der Waals surface area contributed by atoms with Gasteiger partial charge in [-0.2, -0.15) is 0 Å². The number of carbonyl (C=O) groups is 1. The normalized spacial score (nSPS) is 11.1. The highest BCUT2D eigenvalue weighted by atomic mass is 16.5. The molecule has 166 valence electrons. The van der Waals surface area contributed by atoms with Crippen LogP contribution in [0.5, 0.6) is 11.5 Å². The number of nitrogens with zero attached hydrogens (tertiary/aromatic N) is 4. The van der Waals surface area contributed by atoms with Gasteiger partial charge in [0.05, 0.1) is 24.3 Å². The predicted molar refractivity (Wildman–Crippen MR) is 123 cm³/mol. The number of nitrogens with one attached hydrogen (secondary N) is 1. The summed E-state index contributed by atoms with van der Waals surface area (Å²) < 4.78 is 13.0. The Balaban J connectivity index is 1.54. The molecule has 0 aliphatic heterocycles. The van der Waals surface area contributed by atoms with Crippen LogP contribution in [0.15, 0.2) is 36.5 Å². The lowest BCUT2D eigenvalue weighted by molar-refractivity contribution is -0.116. The molecule has 3 aromatic heterocycles. The lowest BCUT2D eigenvalue weighted by Crippen LogP contribution is -2.15. The molecule has 0 bridgehead atoms. The van der Waals surface area contributed by atoms with Crippen LogP contribution in [0.3, 0.4) is 0 Å². The van der Waals surface area contributed by atoms with E-state index < -0.39 is 0 Å². The molecule has 1 amide bonds. The number of rotatable bonds is 8. The van der Waals surface area contributed by atoms with E-state index >= 15 is 0 Å². The number of fused-ring (bicyclic) bond motifs is 3. The minimum absolute atomic E-state index is 0.106. The summed E-state index contributed by atoms with van der Waals surface area (Å²) in [5.74, 6) is 1.20. The SMILES string of the molecule is CCOc1ccc(OCC)c(NC(=O)CCc2c(C)nc3c4cccnc4nn3c2C)c1. The van der Waals surface area contributed by atoms with E-state index in [1.54, 1.807) is 12.3 Å². The van der Waals surface area contributed by atoms with Crippen molar-refractivity contribution < 1.29 is 14.3 Å². The summed E-state index contributed by atoms with van der Waals surface area (Å²) in [5.41, 5.74) is 4.91. The minimum Gasteiger partial charge on any atom is -0.494 e. The van der Waals surface area contributed by atoms with Crippen LogP contribution in [-0.4, -0.2) is 38.7 Å². The van der Waals surface area contributed by atoms with Gasteiger partial charge in [-0.05, 0) is 63.9 Å². The van der Waals surface area contributed by atoms with E-state index in [4.69, 9.17) is 14.5 Å². The summed E-state index contributed by atoms with van der Waals surface area (Å²) in [4.78, 5) is 21.9. The van der Waals surface area contributed by atoms with Crippen molar-refractivity contribution in [1.29, 1.82) is 0 Å². The molecular weight excluding hydrogens is 406 g/mol. The van der Waals surface area contributed by atoms with Crippen LogP contribution in [0, 0.1) is 13.8 Å². The van der Waals surface area contributed by atoms with Crippen molar-refractivity contribution in [2.75, 3.05) is 18.5 Å². The zero-order valence-electron chi connectivity index (χ0n) is 18.8. The molecule has 0 aliphatic carbocycles. The van der Waals surface area contributed by atoms with Crippen molar-refractivity contribution in [2.24, 2.45) is 0 Å². The second-order valence-electron chi connectivity index (χ2n) is 7.44. The Morgan fingerprint density at radius 3 is 2.72 bits per heavy atom. The molecule has 1 N–H and O–H groups in total. The van der Waals surface area contributed by atoms with Crippen molar-refractivity contribution in [3.8, 4) is 11.5 Å². The Labute approximate surface area is 186 Å². The molecule has 0 aliphatic rings. The molecule has 0 atom stereocenters. The van der Waals surface area contributed by atoms with Crippen LogP contribution in [0.1, 0.15) is 37.2 Å². The van der Waals surface area contributed by atoms with Gasteiger partial charge in [0, 0.05) is 30.1 Å². The maximum absolute atomic E-state index is 12.8. The second-order valence-corrected chi connectivity index (χ2v) is 7.44.